The summed E-state index contributed by atoms with van der Waals surface area (Å²) in [7, 11) is 0. The van der Waals surface area contributed by atoms with Gasteiger partial charge in [-0.25, -0.2) is 0 Å². The number of aryl methyl sites for hydroxylation is 1. The van der Waals surface area contributed by atoms with Crippen LogP contribution < -0.4 is 0 Å². The quantitative estimate of drug-likeness (QED) is 0.330. The average molecular weight is 486 g/mol. The summed E-state index contributed by atoms with van der Waals surface area (Å²) in [5.74, 6) is -0.301. The SMILES string of the molecule is CCOC(=O)C1(c2ccc(-c3ccc(-c4onc(C)c4CC(=O)CCC(F)(F)F)cc3)cc2)CC1. The highest BCUT2D eigenvalue weighted by molar-refractivity contribution is 5.87. The van der Waals surface area contributed by atoms with E-state index >= 15 is 0 Å². The van der Waals surface area contributed by atoms with Crippen molar-refractivity contribution in [3.05, 3.63) is 65.4 Å². The van der Waals surface area contributed by atoms with Crippen LogP contribution >= 0.6 is 0 Å². The summed E-state index contributed by atoms with van der Waals surface area (Å²) in [6, 6.07) is 15.3. The van der Waals surface area contributed by atoms with Crippen LogP contribution in [0.5, 0.6) is 0 Å². The van der Waals surface area contributed by atoms with E-state index in [0.29, 0.717) is 29.2 Å². The van der Waals surface area contributed by atoms with Crippen LogP contribution in [0, 0.1) is 6.92 Å². The fourth-order valence-corrected chi connectivity index (χ4v) is 4.19. The van der Waals surface area contributed by atoms with Gasteiger partial charge in [0.15, 0.2) is 5.76 Å². The monoisotopic (exact) mass is 485 g/mol. The summed E-state index contributed by atoms with van der Waals surface area (Å²) >= 11 is 0. The number of halogens is 3. The van der Waals surface area contributed by atoms with Crippen LogP contribution in [0.2, 0.25) is 0 Å². The number of Topliss-reactive ketones (excluding diaryl/α,β-unsaturated/α-hetero) is 1. The number of benzene rings is 2. The van der Waals surface area contributed by atoms with Crippen molar-refractivity contribution in [2.75, 3.05) is 6.61 Å². The Morgan fingerprint density at radius 2 is 1.57 bits per heavy atom. The Bertz CT molecular complexity index is 1210. The van der Waals surface area contributed by atoms with Crippen LogP contribution in [0.4, 0.5) is 13.2 Å². The van der Waals surface area contributed by atoms with Gasteiger partial charge < -0.3 is 9.26 Å². The topological polar surface area (TPSA) is 69.4 Å². The van der Waals surface area contributed by atoms with E-state index in [9.17, 15) is 22.8 Å². The molecule has 1 saturated carbocycles. The van der Waals surface area contributed by atoms with Gasteiger partial charge in [0.1, 0.15) is 5.78 Å². The van der Waals surface area contributed by atoms with Gasteiger partial charge in [0.05, 0.1) is 24.1 Å². The maximum Gasteiger partial charge on any atom is 0.389 e. The van der Waals surface area contributed by atoms with E-state index in [1.807, 2.05) is 48.5 Å². The Hall–Kier alpha value is -3.42. The number of carbonyl (C=O) groups is 2. The lowest BCUT2D eigenvalue weighted by molar-refractivity contribution is -0.146. The van der Waals surface area contributed by atoms with Crippen LogP contribution in [0.25, 0.3) is 22.5 Å². The summed E-state index contributed by atoms with van der Waals surface area (Å²) in [6.45, 7) is 3.83. The zero-order chi connectivity index (χ0) is 25.2. The van der Waals surface area contributed by atoms with Crippen molar-refractivity contribution < 1.29 is 32.0 Å². The second-order valence-electron chi connectivity index (χ2n) is 8.86. The molecule has 0 spiro atoms. The van der Waals surface area contributed by atoms with Gasteiger partial charge in [-0.3, -0.25) is 9.59 Å². The fourth-order valence-electron chi connectivity index (χ4n) is 4.19. The number of alkyl halides is 3. The van der Waals surface area contributed by atoms with Crippen LogP contribution in [-0.2, 0) is 26.2 Å². The second kappa shape index (κ2) is 9.68. The maximum atomic E-state index is 12.4. The summed E-state index contributed by atoms with van der Waals surface area (Å²) in [5, 5.41) is 3.91. The first-order chi connectivity index (χ1) is 16.6. The molecule has 0 saturated heterocycles. The van der Waals surface area contributed by atoms with Crippen LogP contribution in [0.15, 0.2) is 53.1 Å². The molecule has 5 nitrogen and oxygen atoms in total. The van der Waals surface area contributed by atoms with Gasteiger partial charge in [0.25, 0.3) is 0 Å². The lowest BCUT2D eigenvalue weighted by Gasteiger charge is -2.14. The molecule has 8 heteroatoms. The number of rotatable bonds is 9. The highest BCUT2D eigenvalue weighted by atomic mass is 19.4. The van der Waals surface area contributed by atoms with E-state index in [2.05, 4.69) is 5.16 Å². The number of hydrogen-bond donors (Lipinski definition) is 0. The van der Waals surface area contributed by atoms with Crippen LogP contribution in [-0.4, -0.2) is 29.7 Å². The fraction of sp³-hybridized carbons (Fsp3) is 0.370. The van der Waals surface area contributed by atoms with Crippen molar-refractivity contribution in [3.8, 4) is 22.5 Å². The predicted octanol–water partition coefficient (Wildman–Crippen LogP) is 6.37. The molecule has 4 rings (SSSR count). The van der Waals surface area contributed by atoms with E-state index in [0.717, 1.165) is 29.5 Å². The van der Waals surface area contributed by atoms with Crippen molar-refractivity contribution in [1.29, 1.82) is 0 Å². The van der Waals surface area contributed by atoms with Crippen molar-refractivity contribution in [2.45, 2.75) is 57.5 Å². The first-order valence-electron chi connectivity index (χ1n) is 11.5. The molecule has 2 aromatic carbocycles. The van der Waals surface area contributed by atoms with E-state index in [1.54, 1.807) is 13.8 Å². The van der Waals surface area contributed by atoms with Gasteiger partial charge in [-0.05, 0) is 43.4 Å². The largest absolute Gasteiger partial charge is 0.465 e. The third-order valence-corrected chi connectivity index (χ3v) is 6.38. The standard InChI is InChI=1S/C27H26F3NO4/c1-3-34-25(33)26(14-15-26)21-10-8-19(9-11-21)18-4-6-20(7-5-18)24-23(17(2)31-35-24)16-22(32)12-13-27(28,29)30/h4-11H,3,12-16H2,1-2H3. The average Bonchev–Trinajstić information content (AvgIpc) is 3.57. The molecule has 0 amide bonds. The summed E-state index contributed by atoms with van der Waals surface area (Å²) in [5.41, 5.74) is 4.02. The highest BCUT2D eigenvalue weighted by Gasteiger charge is 2.52. The summed E-state index contributed by atoms with van der Waals surface area (Å²) in [4.78, 5) is 24.4. The second-order valence-corrected chi connectivity index (χ2v) is 8.86. The van der Waals surface area contributed by atoms with Gasteiger partial charge >= 0.3 is 12.1 Å². The molecule has 0 radical (unpaired) electrons. The third-order valence-electron chi connectivity index (χ3n) is 6.38. The normalized spacial score (nSPS) is 14.5. The number of aromatic nitrogens is 1. The number of carbonyl (C=O) groups excluding carboxylic acids is 2. The first-order valence-corrected chi connectivity index (χ1v) is 11.5. The Morgan fingerprint density at radius 1 is 1.00 bits per heavy atom. The highest BCUT2D eigenvalue weighted by Crippen LogP contribution is 2.49. The van der Waals surface area contributed by atoms with Crippen LogP contribution in [0.1, 0.15) is 49.4 Å². The number of esters is 1. The van der Waals surface area contributed by atoms with Crippen LogP contribution in [0.3, 0.4) is 0 Å². The molecule has 1 heterocycles. The zero-order valence-electron chi connectivity index (χ0n) is 19.6. The zero-order valence-corrected chi connectivity index (χ0v) is 19.6. The molecular formula is C27H26F3NO4. The minimum atomic E-state index is -4.37. The molecule has 1 aliphatic rings. The van der Waals surface area contributed by atoms with Gasteiger partial charge in [0, 0.05) is 24.0 Å². The van der Waals surface area contributed by atoms with E-state index < -0.39 is 30.2 Å². The number of ketones is 1. The van der Waals surface area contributed by atoms with E-state index in [4.69, 9.17) is 9.26 Å². The Balaban J connectivity index is 1.48. The van der Waals surface area contributed by atoms with Crippen molar-refractivity contribution in [2.24, 2.45) is 0 Å². The van der Waals surface area contributed by atoms with Crippen molar-refractivity contribution >= 4 is 11.8 Å². The minimum absolute atomic E-state index is 0.161. The molecule has 184 valence electrons. The molecule has 0 unspecified atom stereocenters. The van der Waals surface area contributed by atoms with E-state index in [-0.39, 0.29) is 12.4 Å². The number of hydrogen-bond acceptors (Lipinski definition) is 5. The molecule has 35 heavy (non-hydrogen) atoms. The Morgan fingerprint density at radius 3 is 2.11 bits per heavy atom. The number of nitrogens with zero attached hydrogens (tertiary/aromatic N) is 1. The molecule has 0 N–H and O–H groups in total. The van der Waals surface area contributed by atoms with Crippen molar-refractivity contribution in [3.63, 3.8) is 0 Å². The molecule has 0 bridgehead atoms. The Labute approximate surface area is 201 Å². The molecule has 1 aliphatic carbocycles. The van der Waals surface area contributed by atoms with Crippen molar-refractivity contribution in [1.82, 2.24) is 5.16 Å². The smallest absolute Gasteiger partial charge is 0.389 e. The van der Waals surface area contributed by atoms with Gasteiger partial charge in [0.2, 0.25) is 0 Å². The lowest BCUT2D eigenvalue weighted by atomic mass is 9.93. The first kappa shape index (κ1) is 24.7. The lowest BCUT2D eigenvalue weighted by Crippen LogP contribution is -2.23. The molecule has 3 aromatic rings. The molecular weight excluding hydrogens is 459 g/mol. The molecule has 0 aliphatic heterocycles. The summed E-state index contributed by atoms with van der Waals surface area (Å²) < 4.78 is 48.0. The number of ether oxygens (including phenoxy) is 1. The minimum Gasteiger partial charge on any atom is -0.465 e. The molecule has 1 fully saturated rings. The molecule has 0 atom stereocenters. The van der Waals surface area contributed by atoms with Gasteiger partial charge in [-0.1, -0.05) is 53.7 Å². The molecule has 1 aromatic heterocycles. The summed E-state index contributed by atoms with van der Waals surface area (Å²) in [6.07, 6.45) is -4.66. The third kappa shape index (κ3) is 5.47. The maximum absolute atomic E-state index is 12.4. The van der Waals surface area contributed by atoms with E-state index in [1.165, 1.54) is 0 Å². The van der Waals surface area contributed by atoms with Gasteiger partial charge in [-0.2, -0.15) is 13.2 Å². The predicted molar refractivity (Wildman–Crippen MR) is 124 cm³/mol. The Kier molecular flexibility index (Phi) is 6.83. The van der Waals surface area contributed by atoms with Gasteiger partial charge in [-0.15, -0.1) is 0 Å².